The lowest BCUT2D eigenvalue weighted by molar-refractivity contribution is 0.0936. The molecule has 1 unspecified atom stereocenters. The number of thiophene rings is 1. The molecule has 0 spiro atoms. The zero-order valence-electron chi connectivity index (χ0n) is 11.0. The smallest absolute Gasteiger partial charge is 0.268 e. The van der Waals surface area contributed by atoms with E-state index in [4.69, 9.17) is 5.73 Å². The van der Waals surface area contributed by atoms with Crippen molar-refractivity contribution in [3.8, 4) is 0 Å². The highest BCUT2D eigenvalue weighted by atomic mass is 32.1. The van der Waals surface area contributed by atoms with Crippen LogP contribution in [0.3, 0.4) is 0 Å². The molecule has 3 rings (SSSR count). The topological polar surface area (TPSA) is 70.9 Å². The van der Waals surface area contributed by atoms with Crippen LogP contribution in [0.4, 0.5) is 5.69 Å². The van der Waals surface area contributed by atoms with Gasteiger partial charge in [-0.3, -0.25) is 4.79 Å². The first-order chi connectivity index (χ1) is 9.65. The molecule has 3 aromatic rings. The summed E-state index contributed by atoms with van der Waals surface area (Å²) in [5, 5.41) is 7.96. The highest BCUT2D eigenvalue weighted by Gasteiger charge is 2.14. The molecule has 0 bridgehead atoms. The minimum Gasteiger partial charge on any atom is -0.397 e. The Bertz CT molecular complexity index is 746. The first-order valence-corrected chi connectivity index (χ1v) is 7.29. The normalized spacial score (nSPS) is 12.4. The van der Waals surface area contributed by atoms with Gasteiger partial charge in [0.25, 0.3) is 5.91 Å². The standard InChI is InChI=1S/C15H15N3OS/c1-9(11-5-6-20-8-11)17-15(19)13-7-10-3-2-4-12(16)14(10)18-13/h2-9,18H,16H2,1H3,(H,17,19). The van der Waals surface area contributed by atoms with Gasteiger partial charge in [-0.1, -0.05) is 12.1 Å². The van der Waals surface area contributed by atoms with E-state index in [-0.39, 0.29) is 11.9 Å². The quantitative estimate of drug-likeness (QED) is 0.646. The minimum atomic E-state index is -0.126. The van der Waals surface area contributed by atoms with Gasteiger partial charge in [-0.15, -0.1) is 0 Å². The molecule has 5 heteroatoms. The van der Waals surface area contributed by atoms with Crippen molar-refractivity contribution in [2.75, 3.05) is 5.73 Å². The number of benzene rings is 1. The van der Waals surface area contributed by atoms with E-state index in [2.05, 4.69) is 10.3 Å². The Morgan fingerprint density at radius 1 is 1.40 bits per heavy atom. The number of H-pyrrole nitrogens is 1. The molecule has 0 aliphatic carbocycles. The number of carbonyl (C=O) groups is 1. The van der Waals surface area contributed by atoms with Gasteiger partial charge in [-0.25, -0.2) is 0 Å². The van der Waals surface area contributed by atoms with Crippen molar-refractivity contribution in [2.24, 2.45) is 0 Å². The average molecular weight is 285 g/mol. The van der Waals surface area contributed by atoms with Crippen molar-refractivity contribution in [1.82, 2.24) is 10.3 Å². The fourth-order valence-electron chi connectivity index (χ4n) is 2.18. The molecule has 102 valence electrons. The largest absolute Gasteiger partial charge is 0.397 e. The molecule has 0 saturated heterocycles. The summed E-state index contributed by atoms with van der Waals surface area (Å²) in [6.45, 7) is 1.97. The van der Waals surface area contributed by atoms with Crippen LogP contribution in [0.5, 0.6) is 0 Å². The monoisotopic (exact) mass is 285 g/mol. The van der Waals surface area contributed by atoms with Crippen molar-refractivity contribution in [2.45, 2.75) is 13.0 Å². The summed E-state index contributed by atoms with van der Waals surface area (Å²) in [5.74, 6) is -0.126. The Labute approximate surface area is 120 Å². The Hall–Kier alpha value is -2.27. The molecule has 1 atom stereocenters. The molecule has 4 N–H and O–H groups in total. The van der Waals surface area contributed by atoms with Crippen molar-refractivity contribution >= 4 is 33.8 Å². The van der Waals surface area contributed by atoms with Gasteiger partial charge in [-0.2, -0.15) is 11.3 Å². The van der Waals surface area contributed by atoms with Crippen molar-refractivity contribution in [3.63, 3.8) is 0 Å². The first kappa shape index (κ1) is 12.7. The SMILES string of the molecule is CC(NC(=O)c1cc2cccc(N)c2[nH]1)c1ccsc1. The van der Waals surface area contributed by atoms with E-state index in [1.54, 1.807) is 11.3 Å². The Kier molecular flexibility index (Phi) is 3.20. The summed E-state index contributed by atoms with van der Waals surface area (Å²) in [6.07, 6.45) is 0. The van der Waals surface area contributed by atoms with Crippen molar-refractivity contribution in [3.05, 3.63) is 52.3 Å². The molecule has 4 nitrogen and oxygen atoms in total. The van der Waals surface area contributed by atoms with Crippen LogP contribution < -0.4 is 11.1 Å². The molecule has 1 amide bonds. The zero-order valence-corrected chi connectivity index (χ0v) is 11.8. The Balaban J connectivity index is 1.84. The second-order valence-corrected chi connectivity index (χ2v) is 5.53. The number of hydrogen-bond donors (Lipinski definition) is 3. The first-order valence-electron chi connectivity index (χ1n) is 6.35. The molecule has 1 aromatic carbocycles. The van der Waals surface area contributed by atoms with E-state index in [1.807, 2.05) is 48.0 Å². The molecule has 0 saturated carbocycles. The highest BCUT2D eigenvalue weighted by molar-refractivity contribution is 7.07. The van der Waals surface area contributed by atoms with Crippen molar-refractivity contribution < 1.29 is 4.79 Å². The van der Waals surface area contributed by atoms with E-state index in [1.165, 1.54) is 0 Å². The number of nitrogens with one attached hydrogen (secondary N) is 2. The number of nitrogen functional groups attached to an aromatic ring is 1. The average Bonchev–Trinajstić information content (AvgIpc) is 3.08. The van der Waals surface area contributed by atoms with Gasteiger partial charge in [0.15, 0.2) is 0 Å². The van der Waals surface area contributed by atoms with E-state index in [0.717, 1.165) is 16.5 Å². The molecule has 0 fully saturated rings. The number of aromatic amines is 1. The molecule has 20 heavy (non-hydrogen) atoms. The van der Waals surface area contributed by atoms with Crippen LogP contribution in [0.15, 0.2) is 41.1 Å². The van der Waals surface area contributed by atoms with Gasteiger partial charge >= 0.3 is 0 Å². The number of nitrogens with two attached hydrogens (primary N) is 1. The Morgan fingerprint density at radius 2 is 2.25 bits per heavy atom. The molecule has 0 aliphatic rings. The maximum Gasteiger partial charge on any atom is 0.268 e. The lowest BCUT2D eigenvalue weighted by atomic mass is 10.2. The number of fused-ring (bicyclic) bond motifs is 1. The second-order valence-electron chi connectivity index (χ2n) is 4.75. The fourth-order valence-corrected chi connectivity index (χ4v) is 2.94. The van der Waals surface area contributed by atoms with Crippen LogP contribution in [0.1, 0.15) is 29.0 Å². The fraction of sp³-hybridized carbons (Fsp3) is 0.133. The molecule has 0 radical (unpaired) electrons. The summed E-state index contributed by atoms with van der Waals surface area (Å²) < 4.78 is 0. The van der Waals surface area contributed by atoms with Crippen LogP contribution in [0.25, 0.3) is 10.9 Å². The van der Waals surface area contributed by atoms with Crippen LogP contribution in [0, 0.1) is 0 Å². The number of amides is 1. The number of rotatable bonds is 3. The lowest BCUT2D eigenvalue weighted by Gasteiger charge is -2.11. The number of anilines is 1. The molecule has 2 aromatic heterocycles. The van der Waals surface area contributed by atoms with Gasteiger partial charge in [0, 0.05) is 5.39 Å². The maximum atomic E-state index is 12.3. The summed E-state index contributed by atoms with van der Waals surface area (Å²) in [6, 6.07) is 9.44. The van der Waals surface area contributed by atoms with E-state index in [0.29, 0.717) is 11.4 Å². The van der Waals surface area contributed by atoms with Crippen molar-refractivity contribution in [1.29, 1.82) is 0 Å². The van der Waals surface area contributed by atoms with Gasteiger partial charge in [-0.05, 0) is 41.4 Å². The van der Waals surface area contributed by atoms with Gasteiger partial charge < -0.3 is 16.0 Å². The number of para-hydroxylation sites is 1. The summed E-state index contributed by atoms with van der Waals surface area (Å²) in [5.41, 5.74) is 8.98. The summed E-state index contributed by atoms with van der Waals surface area (Å²) in [4.78, 5) is 15.3. The zero-order chi connectivity index (χ0) is 14.1. The predicted molar refractivity (Wildman–Crippen MR) is 82.9 cm³/mol. The summed E-state index contributed by atoms with van der Waals surface area (Å²) >= 11 is 1.62. The molecular weight excluding hydrogens is 270 g/mol. The molecule has 0 aliphatic heterocycles. The second kappa shape index (κ2) is 5.02. The third-order valence-electron chi connectivity index (χ3n) is 3.32. The number of hydrogen-bond acceptors (Lipinski definition) is 3. The van der Waals surface area contributed by atoms with Gasteiger partial charge in [0.05, 0.1) is 17.2 Å². The van der Waals surface area contributed by atoms with Crippen LogP contribution in [-0.4, -0.2) is 10.9 Å². The third-order valence-corrected chi connectivity index (χ3v) is 4.03. The van der Waals surface area contributed by atoms with Crippen LogP contribution in [-0.2, 0) is 0 Å². The number of aromatic nitrogens is 1. The molecule has 2 heterocycles. The highest BCUT2D eigenvalue weighted by Crippen LogP contribution is 2.22. The Morgan fingerprint density at radius 3 is 2.95 bits per heavy atom. The third kappa shape index (κ3) is 2.28. The molecular formula is C15H15N3OS. The summed E-state index contributed by atoms with van der Waals surface area (Å²) in [7, 11) is 0. The minimum absolute atomic E-state index is 0.0162. The van der Waals surface area contributed by atoms with Crippen LogP contribution >= 0.6 is 11.3 Å². The lowest BCUT2D eigenvalue weighted by Crippen LogP contribution is -2.26. The van der Waals surface area contributed by atoms with E-state index in [9.17, 15) is 4.79 Å². The maximum absolute atomic E-state index is 12.3. The van der Waals surface area contributed by atoms with Crippen LogP contribution in [0.2, 0.25) is 0 Å². The van der Waals surface area contributed by atoms with Gasteiger partial charge in [0.2, 0.25) is 0 Å². The predicted octanol–water partition coefficient (Wildman–Crippen LogP) is 3.30. The van der Waals surface area contributed by atoms with Gasteiger partial charge in [0.1, 0.15) is 5.69 Å². The van der Waals surface area contributed by atoms with E-state index < -0.39 is 0 Å². The van der Waals surface area contributed by atoms with E-state index >= 15 is 0 Å². The number of carbonyl (C=O) groups excluding carboxylic acids is 1.